The molecule has 21 heavy (non-hydrogen) atoms. The first-order chi connectivity index (χ1) is 10.1. The monoisotopic (exact) mass is 307 g/mol. The van der Waals surface area contributed by atoms with Crippen molar-refractivity contribution in [3.05, 3.63) is 47.7 Å². The van der Waals surface area contributed by atoms with E-state index in [-0.39, 0.29) is 30.5 Å². The third-order valence-electron chi connectivity index (χ3n) is 3.23. The van der Waals surface area contributed by atoms with E-state index in [1.54, 1.807) is 0 Å². The number of carbonyl (C=O) groups is 1. The lowest BCUT2D eigenvalue weighted by atomic mass is 10.2. The number of hydrogen-bond acceptors (Lipinski definition) is 5. The Kier molecular flexibility index (Phi) is 3.52. The number of nitrogens with zero attached hydrogens (tertiary/aromatic N) is 1. The number of ether oxygens (including phenoxy) is 1. The molecule has 0 spiro atoms. The Hall–Kier alpha value is -2.12. The third kappa shape index (κ3) is 2.57. The van der Waals surface area contributed by atoms with Gasteiger partial charge in [0.15, 0.2) is 12.0 Å². The minimum absolute atomic E-state index is 0.0138. The van der Waals surface area contributed by atoms with Crippen molar-refractivity contribution in [2.24, 2.45) is 0 Å². The zero-order valence-corrected chi connectivity index (χ0v) is 11.9. The molecule has 0 atom stereocenters. The molecule has 110 valence electrons. The van der Waals surface area contributed by atoms with Gasteiger partial charge < -0.3 is 9.15 Å². The molecule has 7 heteroatoms. The maximum Gasteiger partial charge on any atom is 0.276 e. The molecule has 0 unspecified atom stereocenters. The molecule has 0 radical (unpaired) electrons. The van der Waals surface area contributed by atoms with Gasteiger partial charge in [0.25, 0.3) is 10.0 Å². The Labute approximate surface area is 122 Å². The van der Waals surface area contributed by atoms with Crippen LogP contribution in [0.1, 0.15) is 16.1 Å². The van der Waals surface area contributed by atoms with E-state index in [1.165, 1.54) is 16.4 Å². The van der Waals surface area contributed by atoms with Gasteiger partial charge in [-0.1, -0.05) is 18.2 Å². The van der Waals surface area contributed by atoms with Crippen molar-refractivity contribution in [3.8, 4) is 5.75 Å². The first kappa shape index (κ1) is 13.8. The number of furan rings is 1. The lowest BCUT2D eigenvalue weighted by Gasteiger charge is -2.17. The smallest absolute Gasteiger partial charge is 0.276 e. The first-order valence-electron chi connectivity index (χ1n) is 6.37. The minimum Gasteiger partial charge on any atom is -0.492 e. The zero-order valence-electron chi connectivity index (χ0n) is 11.1. The molecule has 6 nitrogen and oxygen atoms in total. The van der Waals surface area contributed by atoms with Crippen molar-refractivity contribution in [2.45, 2.75) is 11.6 Å². The molecule has 1 aliphatic rings. The fourth-order valence-electron chi connectivity index (χ4n) is 2.17. The topological polar surface area (TPSA) is 76.8 Å². The first-order valence-corrected chi connectivity index (χ1v) is 7.81. The van der Waals surface area contributed by atoms with Crippen LogP contribution < -0.4 is 4.74 Å². The highest BCUT2D eigenvalue weighted by Crippen LogP contribution is 2.26. The van der Waals surface area contributed by atoms with E-state index in [9.17, 15) is 13.2 Å². The Balaban J connectivity index is 1.94. The van der Waals surface area contributed by atoms with Gasteiger partial charge in [0, 0.05) is 18.7 Å². The largest absolute Gasteiger partial charge is 0.492 e. The van der Waals surface area contributed by atoms with Crippen LogP contribution in [0.15, 0.2) is 45.9 Å². The van der Waals surface area contributed by atoms with Crippen molar-refractivity contribution in [2.75, 3.05) is 13.2 Å². The predicted molar refractivity (Wildman–Crippen MR) is 73.6 cm³/mol. The Morgan fingerprint density at radius 1 is 1.14 bits per heavy atom. The van der Waals surface area contributed by atoms with Crippen LogP contribution in [0.25, 0.3) is 0 Å². The Morgan fingerprint density at radius 2 is 1.95 bits per heavy atom. The molecular formula is C14H13NO5S. The highest BCUT2D eigenvalue weighted by molar-refractivity contribution is 7.89. The van der Waals surface area contributed by atoms with Crippen molar-refractivity contribution < 1.29 is 22.4 Å². The molecule has 1 aromatic heterocycles. The van der Waals surface area contributed by atoms with E-state index in [2.05, 4.69) is 0 Å². The average Bonchev–Trinajstić information content (AvgIpc) is 2.87. The lowest BCUT2D eigenvalue weighted by molar-refractivity contribution is 0.109. The number of rotatable bonds is 3. The number of fused-ring (bicyclic) bond motifs is 1. The third-order valence-corrected chi connectivity index (χ3v) is 4.95. The predicted octanol–water partition coefficient (Wildman–Crippen LogP) is 1.68. The van der Waals surface area contributed by atoms with E-state index < -0.39 is 10.0 Å². The van der Waals surface area contributed by atoms with E-state index in [0.717, 1.165) is 5.56 Å². The summed E-state index contributed by atoms with van der Waals surface area (Å²) < 4.78 is 36.9. The van der Waals surface area contributed by atoms with Gasteiger partial charge in [-0.3, -0.25) is 4.79 Å². The van der Waals surface area contributed by atoms with Crippen LogP contribution in [0, 0.1) is 0 Å². The van der Waals surface area contributed by atoms with Gasteiger partial charge in [0.1, 0.15) is 12.4 Å². The summed E-state index contributed by atoms with van der Waals surface area (Å²) >= 11 is 0. The summed E-state index contributed by atoms with van der Waals surface area (Å²) in [7, 11) is -3.79. The lowest BCUT2D eigenvalue weighted by Crippen LogP contribution is -2.32. The van der Waals surface area contributed by atoms with Gasteiger partial charge in [-0.15, -0.1) is 0 Å². The van der Waals surface area contributed by atoms with Crippen molar-refractivity contribution in [3.63, 3.8) is 0 Å². The summed E-state index contributed by atoms with van der Waals surface area (Å²) in [5.74, 6) is 0.670. The van der Waals surface area contributed by atoms with Gasteiger partial charge in [0.05, 0.1) is 0 Å². The van der Waals surface area contributed by atoms with Crippen LogP contribution in [-0.4, -0.2) is 32.2 Å². The van der Waals surface area contributed by atoms with Crippen LogP contribution in [0.4, 0.5) is 0 Å². The van der Waals surface area contributed by atoms with Gasteiger partial charge in [-0.2, -0.15) is 4.31 Å². The molecule has 0 aliphatic carbocycles. The molecule has 0 bridgehead atoms. The minimum atomic E-state index is -3.79. The maximum absolute atomic E-state index is 12.5. The number of carbonyl (C=O) groups excluding carboxylic acids is 1. The molecule has 0 saturated heterocycles. The molecule has 0 N–H and O–H groups in total. The average molecular weight is 307 g/mol. The second-order valence-corrected chi connectivity index (χ2v) is 6.44. The van der Waals surface area contributed by atoms with Crippen LogP contribution in [0.3, 0.4) is 0 Å². The normalized spacial score (nSPS) is 15.8. The van der Waals surface area contributed by atoms with Crippen LogP contribution in [-0.2, 0) is 16.6 Å². The van der Waals surface area contributed by atoms with E-state index in [4.69, 9.17) is 9.15 Å². The van der Waals surface area contributed by atoms with E-state index in [1.807, 2.05) is 24.3 Å². The second-order valence-electron chi connectivity index (χ2n) is 4.57. The number of aldehydes is 1. The molecule has 2 heterocycles. The highest BCUT2D eigenvalue weighted by Gasteiger charge is 2.30. The van der Waals surface area contributed by atoms with Gasteiger partial charge in [0.2, 0.25) is 5.09 Å². The molecule has 0 fully saturated rings. The summed E-state index contributed by atoms with van der Waals surface area (Å²) in [6.45, 7) is 0.682. The van der Waals surface area contributed by atoms with Crippen molar-refractivity contribution in [1.82, 2.24) is 4.31 Å². The molecular weight excluding hydrogens is 294 g/mol. The van der Waals surface area contributed by atoms with E-state index >= 15 is 0 Å². The molecule has 0 amide bonds. The van der Waals surface area contributed by atoms with Gasteiger partial charge >= 0.3 is 0 Å². The maximum atomic E-state index is 12.5. The number of sulfonamides is 1. The van der Waals surface area contributed by atoms with Crippen molar-refractivity contribution >= 4 is 16.3 Å². The summed E-state index contributed by atoms with van der Waals surface area (Å²) in [5.41, 5.74) is 0.792. The summed E-state index contributed by atoms with van der Waals surface area (Å²) in [6.07, 6.45) is 0.472. The fourth-order valence-corrected chi connectivity index (χ4v) is 3.49. The SMILES string of the molecule is O=Cc1ccc(S(=O)(=O)N2CCOc3ccccc3C2)o1. The molecule has 1 aliphatic heterocycles. The summed E-state index contributed by atoms with van der Waals surface area (Å²) in [5, 5.41) is -0.232. The molecule has 0 saturated carbocycles. The Bertz CT molecular complexity index is 765. The Morgan fingerprint density at radius 3 is 2.71 bits per heavy atom. The van der Waals surface area contributed by atoms with Gasteiger partial charge in [-0.25, -0.2) is 8.42 Å². The number of para-hydroxylation sites is 1. The van der Waals surface area contributed by atoms with Crippen LogP contribution in [0.2, 0.25) is 0 Å². The zero-order chi connectivity index (χ0) is 14.9. The van der Waals surface area contributed by atoms with Crippen LogP contribution in [0.5, 0.6) is 5.75 Å². The quantitative estimate of drug-likeness (QED) is 0.806. The number of benzene rings is 1. The number of hydrogen-bond donors (Lipinski definition) is 0. The molecule has 1 aromatic carbocycles. The second kappa shape index (κ2) is 5.34. The highest BCUT2D eigenvalue weighted by atomic mass is 32.2. The standard InChI is InChI=1S/C14H13NO5S/c16-10-12-5-6-14(20-12)21(17,18)15-7-8-19-13-4-2-1-3-11(13)9-15/h1-6,10H,7-9H2. The van der Waals surface area contributed by atoms with Crippen LogP contribution >= 0.6 is 0 Å². The van der Waals surface area contributed by atoms with E-state index in [0.29, 0.717) is 12.0 Å². The fraction of sp³-hybridized carbons (Fsp3) is 0.214. The van der Waals surface area contributed by atoms with Gasteiger partial charge in [-0.05, 0) is 18.2 Å². The summed E-state index contributed by atoms with van der Waals surface area (Å²) in [4.78, 5) is 10.6. The molecule has 2 aromatic rings. The molecule has 3 rings (SSSR count). The van der Waals surface area contributed by atoms with Crippen molar-refractivity contribution in [1.29, 1.82) is 0 Å². The summed E-state index contributed by atoms with van der Waals surface area (Å²) in [6, 6.07) is 9.92.